The van der Waals surface area contributed by atoms with E-state index in [0.717, 1.165) is 11.1 Å². The molecule has 5 rings (SSSR count). The number of benzene rings is 3. The first-order valence-corrected chi connectivity index (χ1v) is 16.3. The fourth-order valence-corrected chi connectivity index (χ4v) is 7.92. The molecule has 0 atom stereocenters. The lowest BCUT2D eigenvalue weighted by Crippen LogP contribution is -2.50. The molecule has 0 N–H and O–H groups in total. The molecule has 0 spiro atoms. The molecule has 11 heteroatoms. The first kappa shape index (κ1) is 28.4. The Balaban J connectivity index is 1.12. The van der Waals surface area contributed by atoms with Gasteiger partial charge in [0.25, 0.3) is 5.91 Å². The highest BCUT2D eigenvalue weighted by Gasteiger charge is 2.31. The van der Waals surface area contributed by atoms with Gasteiger partial charge in [-0.1, -0.05) is 48.0 Å². The number of nitrogens with zero attached hydrogens (tertiary/aromatic N) is 4. The molecule has 2 heterocycles. The number of hydrogen-bond acceptors (Lipinski definition) is 6. The van der Waals surface area contributed by atoms with E-state index in [-0.39, 0.29) is 23.9 Å². The second-order valence-corrected chi connectivity index (χ2v) is 14.1. The number of carbonyl (C=O) groups is 1. The van der Waals surface area contributed by atoms with Crippen LogP contribution in [0.15, 0.2) is 88.7 Å². The van der Waals surface area contributed by atoms with E-state index in [0.29, 0.717) is 56.3 Å². The van der Waals surface area contributed by atoms with Crippen molar-refractivity contribution in [2.45, 2.75) is 23.3 Å². The zero-order valence-corrected chi connectivity index (χ0v) is 24.1. The molecule has 0 aromatic heterocycles. The van der Waals surface area contributed by atoms with Gasteiger partial charge in [-0.15, -0.1) is 0 Å². The van der Waals surface area contributed by atoms with Crippen molar-refractivity contribution < 1.29 is 21.6 Å². The van der Waals surface area contributed by atoms with Crippen molar-refractivity contribution >= 4 is 26.0 Å². The maximum atomic E-state index is 13.1. The zero-order valence-electron chi connectivity index (χ0n) is 22.5. The monoisotopic (exact) mass is 582 g/mol. The predicted octanol–water partition coefficient (Wildman–Crippen LogP) is 2.65. The minimum Gasteiger partial charge on any atom is -0.336 e. The SMILES string of the molecule is Cc1ccc(S(=O)(=O)N2CCN(Cc3ccc(C(=O)N4CCN(S(=O)(=O)c5ccccc5)CC4)cc3)CC2)cc1. The average Bonchev–Trinajstić information content (AvgIpc) is 2.98. The number of carbonyl (C=O) groups excluding carboxylic acids is 1. The molecule has 2 aliphatic heterocycles. The summed E-state index contributed by atoms with van der Waals surface area (Å²) in [6.07, 6.45) is 0. The predicted molar refractivity (Wildman–Crippen MR) is 153 cm³/mol. The van der Waals surface area contributed by atoms with Crippen molar-refractivity contribution in [1.82, 2.24) is 18.4 Å². The molecular formula is C29H34N4O5S2. The van der Waals surface area contributed by atoms with Crippen molar-refractivity contribution in [2.75, 3.05) is 52.4 Å². The van der Waals surface area contributed by atoms with Crippen LogP contribution < -0.4 is 0 Å². The molecule has 0 bridgehead atoms. The Morgan fingerprint density at radius 3 is 1.68 bits per heavy atom. The van der Waals surface area contributed by atoms with E-state index in [9.17, 15) is 21.6 Å². The van der Waals surface area contributed by atoms with E-state index in [1.54, 1.807) is 51.7 Å². The van der Waals surface area contributed by atoms with Crippen LogP contribution in [0, 0.1) is 6.92 Å². The van der Waals surface area contributed by atoms with Gasteiger partial charge in [0.2, 0.25) is 20.0 Å². The van der Waals surface area contributed by atoms with Crippen LogP contribution >= 0.6 is 0 Å². The second-order valence-electron chi connectivity index (χ2n) is 10.2. The Bertz CT molecular complexity index is 1530. The van der Waals surface area contributed by atoms with Gasteiger partial charge in [-0.25, -0.2) is 16.8 Å². The summed E-state index contributed by atoms with van der Waals surface area (Å²) in [7, 11) is -7.07. The van der Waals surface area contributed by atoms with Crippen LogP contribution in [0.2, 0.25) is 0 Å². The van der Waals surface area contributed by atoms with Crippen LogP contribution in [-0.2, 0) is 26.6 Å². The van der Waals surface area contributed by atoms with E-state index in [1.807, 2.05) is 43.3 Å². The maximum absolute atomic E-state index is 13.1. The summed E-state index contributed by atoms with van der Waals surface area (Å²) in [5.74, 6) is -0.113. The van der Waals surface area contributed by atoms with Crippen LogP contribution in [0.4, 0.5) is 0 Å². The number of aryl methyl sites for hydroxylation is 1. The van der Waals surface area contributed by atoms with Gasteiger partial charge in [-0.05, 0) is 48.9 Å². The Hall–Kier alpha value is -3.09. The van der Waals surface area contributed by atoms with Crippen LogP contribution in [-0.4, -0.2) is 93.5 Å². The highest BCUT2D eigenvalue weighted by molar-refractivity contribution is 7.89. The van der Waals surface area contributed by atoms with Gasteiger partial charge in [-0.2, -0.15) is 8.61 Å². The van der Waals surface area contributed by atoms with Crippen LogP contribution in [0.3, 0.4) is 0 Å². The molecule has 40 heavy (non-hydrogen) atoms. The van der Waals surface area contributed by atoms with Gasteiger partial charge in [0.05, 0.1) is 9.79 Å². The highest BCUT2D eigenvalue weighted by atomic mass is 32.2. The number of sulfonamides is 2. The molecule has 9 nitrogen and oxygen atoms in total. The second kappa shape index (κ2) is 11.8. The Morgan fingerprint density at radius 1 is 0.625 bits per heavy atom. The molecule has 3 aromatic carbocycles. The fraction of sp³-hybridized carbons (Fsp3) is 0.345. The quantitative estimate of drug-likeness (QED) is 0.425. The summed E-state index contributed by atoms with van der Waals surface area (Å²) >= 11 is 0. The smallest absolute Gasteiger partial charge is 0.253 e. The molecule has 2 aliphatic rings. The van der Waals surface area contributed by atoms with Crippen molar-refractivity contribution in [3.8, 4) is 0 Å². The van der Waals surface area contributed by atoms with E-state index >= 15 is 0 Å². The first-order chi connectivity index (χ1) is 19.1. The summed E-state index contributed by atoms with van der Waals surface area (Å²) < 4.78 is 54.6. The third-order valence-electron chi connectivity index (χ3n) is 7.50. The van der Waals surface area contributed by atoms with Crippen molar-refractivity contribution in [2.24, 2.45) is 0 Å². The minimum atomic E-state index is -3.57. The van der Waals surface area contributed by atoms with Gasteiger partial charge >= 0.3 is 0 Å². The molecular weight excluding hydrogens is 548 g/mol. The average molecular weight is 583 g/mol. The van der Waals surface area contributed by atoms with Crippen molar-refractivity contribution in [3.05, 3.63) is 95.6 Å². The molecule has 212 valence electrons. The van der Waals surface area contributed by atoms with E-state index in [4.69, 9.17) is 0 Å². The Morgan fingerprint density at radius 2 is 1.12 bits per heavy atom. The lowest BCUT2D eigenvalue weighted by molar-refractivity contribution is 0.0698. The van der Waals surface area contributed by atoms with E-state index in [1.165, 1.54) is 4.31 Å². The Labute approximate surface area is 236 Å². The molecule has 0 saturated carbocycles. The topological polar surface area (TPSA) is 98.3 Å². The fourth-order valence-electron chi connectivity index (χ4n) is 5.05. The van der Waals surface area contributed by atoms with Crippen molar-refractivity contribution in [1.29, 1.82) is 0 Å². The number of hydrogen-bond donors (Lipinski definition) is 0. The van der Waals surface area contributed by atoms with Crippen LogP contribution in [0.5, 0.6) is 0 Å². The summed E-state index contributed by atoms with van der Waals surface area (Å²) in [4.78, 5) is 17.6. The lowest BCUT2D eigenvalue weighted by atomic mass is 10.1. The third kappa shape index (κ3) is 6.13. The maximum Gasteiger partial charge on any atom is 0.253 e. The van der Waals surface area contributed by atoms with Crippen molar-refractivity contribution in [3.63, 3.8) is 0 Å². The molecule has 0 unspecified atom stereocenters. The van der Waals surface area contributed by atoms with Gasteiger partial charge in [0.1, 0.15) is 0 Å². The lowest BCUT2D eigenvalue weighted by Gasteiger charge is -2.34. The molecule has 0 aliphatic carbocycles. The third-order valence-corrected chi connectivity index (χ3v) is 11.3. The van der Waals surface area contributed by atoms with E-state index < -0.39 is 20.0 Å². The molecule has 1 amide bonds. The summed E-state index contributed by atoms with van der Waals surface area (Å²) in [5.41, 5.74) is 2.63. The first-order valence-electron chi connectivity index (χ1n) is 13.4. The normalized spacial score (nSPS) is 18.1. The summed E-state index contributed by atoms with van der Waals surface area (Å²) in [6.45, 7) is 5.90. The largest absolute Gasteiger partial charge is 0.336 e. The molecule has 0 radical (unpaired) electrons. The van der Waals surface area contributed by atoms with E-state index in [2.05, 4.69) is 4.90 Å². The number of rotatable bonds is 7. The summed E-state index contributed by atoms with van der Waals surface area (Å²) in [5, 5.41) is 0. The molecule has 3 aromatic rings. The van der Waals surface area contributed by atoms with Gasteiger partial charge in [-0.3, -0.25) is 9.69 Å². The Kier molecular flexibility index (Phi) is 8.39. The van der Waals surface area contributed by atoms with Gasteiger partial charge in [0.15, 0.2) is 0 Å². The van der Waals surface area contributed by atoms with Gasteiger partial charge in [0, 0.05) is 64.5 Å². The number of piperazine rings is 2. The molecule has 2 fully saturated rings. The standard InChI is InChI=1S/C29H34N4O5S2/c1-24-7-13-28(14-8-24)40(37,38)32-19-15-30(16-20-32)23-25-9-11-26(12-10-25)29(34)31-17-21-33(22-18-31)39(35,36)27-5-3-2-4-6-27/h2-14H,15-23H2,1H3. The number of amides is 1. The molecule has 2 saturated heterocycles. The highest BCUT2D eigenvalue weighted by Crippen LogP contribution is 2.21. The van der Waals surface area contributed by atoms with Crippen LogP contribution in [0.1, 0.15) is 21.5 Å². The van der Waals surface area contributed by atoms with Gasteiger partial charge < -0.3 is 4.90 Å². The zero-order chi connectivity index (χ0) is 28.3. The minimum absolute atomic E-state index is 0.113. The van der Waals surface area contributed by atoms with Crippen LogP contribution in [0.25, 0.3) is 0 Å². The summed E-state index contributed by atoms with van der Waals surface area (Å²) in [6, 6.07) is 22.8.